The van der Waals surface area contributed by atoms with Gasteiger partial charge in [-0.3, -0.25) is 9.59 Å². The molecular formula is C20H22ClNO4. The van der Waals surface area contributed by atoms with Crippen molar-refractivity contribution < 1.29 is 19.1 Å². The Bertz CT molecular complexity index is 759. The van der Waals surface area contributed by atoms with Gasteiger partial charge in [-0.1, -0.05) is 11.6 Å². The lowest BCUT2D eigenvalue weighted by atomic mass is 10.1. The molecule has 0 aliphatic rings. The van der Waals surface area contributed by atoms with Gasteiger partial charge in [-0.25, -0.2) is 0 Å². The molecule has 2 rings (SSSR count). The minimum atomic E-state index is -0.262. The molecule has 0 aliphatic carbocycles. The van der Waals surface area contributed by atoms with Crippen LogP contribution in [0.15, 0.2) is 42.5 Å². The molecule has 0 spiro atoms. The first-order valence-corrected chi connectivity index (χ1v) is 8.89. The molecule has 0 aromatic heterocycles. The second-order valence-electron chi connectivity index (χ2n) is 5.50. The van der Waals surface area contributed by atoms with Gasteiger partial charge in [-0.15, -0.1) is 0 Å². The number of nitrogens with one attached hydrogen (secondary N) is 1. The van der Waals surface area contributed by atoms with Gasteiger partial charge in [0.1, 0.15) is 11.5 Å². The smallest absolute Gasteiger partial charge is 0.224 e. The SMILES string of the molecule is CCOc1ccc(OCC)c(NC(=O)CCC(=O)c2ccc(Cl)cc2)c1. The third-order valence-corrected chi connectivity index (χ3v) is 3.83. The van der Waals surface area contributed by atoms with E-state index in [0.29, 0.717) is 41.0 Å². The first kappa shape index (κ1) is 19.8. The van der Waals surface area contributed by atoms with Crippen LogP contribution in [0.5, 0.6) is 11.5 Å². The highest BCUT2D eigenvalue weighted by atomic mass is 35.5. The van der Waals surface area contributed by atoms with Crippen molar-refractivity contribution in [3.8, 4) is 11.5 Å². The summed E-state index contributed by atoms with van der Waals surface area (Å²) in [4.78, 5) is 24.4. The van der Waals surface area contributed by atoms with Crippen molar-refractivity contribution in [2.24, 2.45) is 0 Å². The van der Waals surface area contributed by atoms with Crippen molar-refractivity contribution in [2.45, 2.75) is 26.7 Å². The number of carbonyl (C=O) groups excluding carboxylic acids is 2. The van der Waals surface area contributed by atoms with Gasteiger partial charge < -0.3 is 14.8 Å². The maximum absolute atomic E-state index is 12.2. The van der Waals surface area contributed by atoms with Gasteiger partial charge in [0, 0.05) is 29.5 Å². The minimum absolute atomic E-state index is 0.0753. The van der Waals surface area contributed by atoms with Crippen LogP contribution in [0, 0.1) is 0 Å². The van der Waals surface area contributed by atoms with Crippen molar-refractivity contribution in [2.75, 3.05) is 18.5 Å². The molecule has 1 N–H and O–H groups in total. The van der Waals surface area contributed by atoms with Crippen LogP contribution in [0.3, 0.4) is 0 Å². The van der Waals surface area contributed by atoms with Crippen LogP contribution < -0.4 is 14.8 Å². The predicted molar refractivity (Wildman–Crippen MR) is 102 cm³/mol. The number of halogens is 1. The highest BCUT2D eigenvalue weighted by Gasteiger charge is 2.13. The molecular weight excluding hydrogens is 354 g/mol. The lowest BCUT2D eigenvalue weighted by Crippen LogP contribution is -2.14. The Labute approximate surface area is 158 Å². The van der Waals surface area contributed by atoms with Gasteiger partial charge in [-0.05, 0) is 50.2 Å². The standard InChI is InChI=1S/C20H22ClNO4/c1-3-25-16-9-11-19(26-4-2)17(13-16)22-20(24)12-10-18(23)14-5-7-15(21)8-6-14/h5-9,11,13H,3-4,10,12H2,1-2H3,(H,22,24). The number of amides is 1. The highest BCUT2D eigenvalue weighted by molar-refractivity contribution is 6.30. The van der Waals surface area contributed by atoms with Gasteiger partial charge >= 0.3 is 0 Å². The molecule has 0 unspecified atom stereocenters. The van der Waals surface area contributed by atoms with Crippen molar-refractivity contribution >= 4 is 29.0 Å². The monoisotopic (exact) mass is 375 g/mol. The van der Waals surface area contributed by atoms with Crippen molar-refractivity contribution in [1.82, 2.24) is 0 Å². The number of Topliss-reactive ketones (excluding diaryl/α,β-unsaturated/α-hetero) is 1. The zero-order valence-corrected chi connectivity index (χ0v) is 15.6. The molecule has 1 amide bonds. The molecule has 5 nitrogen and oxygen atoms in total. The maximum atomic E-state index is 12.2. The summed E-state index contributed by atoms with van der Waals surface area (Å²) >= 11 is 5.81. The van der Waals surface area contributed by atoms with Gasteiger partial charge in [0.15, 0.2) is 5.78 Å². The summed E-state index contributed by atoms with van der Waals surface area (Å²) in [6.07, 6.45) is 0.189. The van der Waals surface area contributed by atoms with Gasteiger partial charge in [0.2, 0.25) is 5.91 Å². The van der Waals surface area contributed by atoms with Crippen LogP contribution >= 0.6 is 11.6 Å². The average Bonchev–Trinajstić information content (AvgIpc) is 2.63. The Balaban J connectivity index is 1.98. The molecule has 0 aliphatic heterocycles. The van der Waals surface area contributed by atoms with Gasteiger partial charge in [0.05, 0.1) is 18.9 Å². The molecule has 0 fully saturated rings. The van der Waals surface area contributed by atoms with E-state index in [1.54, 1.807) is 42.5 Å². The van der Waals surface area contributed by atoms with Crippen LogP contribution in [-0.4, -0.2) is 24.9 Å². The molecule has 0 saturated heterocycles. The Kier molecular flexibility index (Phi) is 7.48. The van der Waals surface area contributed by atoms with E-state index in [1.165, 1.54) is 0 Å². The third-order valence-electron chi connectivity index (χ3n) is 3.58. The van der Waals surface area contributed by atoms with Crippen molar-refractivity contribution in [3.63, 3.8) is 0 Å². The normalized spacial score (nSPS) is 10.3. The number of benzene rings is 2. The Hall–Kier alpha value is -2.53. The van der Waals surface area contributed by atoms with Gasteiger partial charge in [-0.2, -0.15) is 0 Å². The quantitative estimate of drug-likeness (QED) is 0.643. The van der Waals surface area contributed by atoms with E-state index in [1.807, 2.05) is 13.8 Å². The second kappa shape index (κ2) is 9.82. The molecule has 0 heterocycles. The molecule has 0 saturated carbocycles. The van der Waals surface area contributed by atoms with Crippen LogP contribution in [0.2, 0.25) is 5.02 Å². The highest BCUT2D eigenvalue weighted by Crippen LogP contribution is 2.29. The van der Waals surface area contributed by atoms with E-state index in [-0.39, 0.29) is 24.5 Å². The number of carbonyl (C=O) groups is 2. The maximum Gasteiger partial charge on any atom is 0.224 e. The average molecular weight is 376 g/mol. The lowest BCUT2D eigenvalue weighted by molar-refractivity contribution is -0.116. The van der Waals surface area contributed by atoms with E-state index >= 15 is 0 Å². The van der Waals surface area contributed by atoms with Gasteiger partial charge in [0.25, 0.3) is 0 Å². The van der Waals surface area contributed by atoms with E-state index in [2.05, 4.69) is 5.32 Å². The zero-order valence-electron chi connectivity index (χ0n) is 14.9. The summed E-state index contributed by atoms with van der Waals surface area (Å²) in [5.74, 6) is 0.837. The summed E-state index contributed by atoms with van der Waals surface area (Å²) < 4.78 is 11.0. The fourth-order valence-electron chi connectivity index (χ4n) is 2.36. The largest absolute Gasteiger partial charge is 0.494 e. The first-order valence-electron chi connectivity index (χ1n) is 8.51. The van der Waals surface area contributed by atoms with Crippen molar-refractivity contribution in [3.05, 3.63) is 53.1 Å². The molecule has 0 radical (unpaired) electrons. The fraction of sp³-hybridized carbons (Fsp3) is 0.300. The molecule has 2 aromatic rings. The number of anilines is 1. The number of ether oxygens (including phenoxy) is 2. The first-order chi connectivity index (χ1) is 12.5. The van der Waals surface area contributed by atoms with E-state index in [4.69, 9.17) is 21.1 Å². The number of rotatable bonds is 9. The summed E-state index contributed by atoms with van der Waals surface area (Å²) in [7, 11) is 0. The Morgan fingerprint density at radius 1 is 0.962 bits per heavy atom. The predicted octanol–water partition coefficient (Wildman–Crippen LogP) is 4.74. The minimum Gasteiger partial charge on any atom is -0.494 e. The fourth-order valence-corrected chi connectivity index (χ4v) is 2.49. The molecule has 0 bridgehead atoms. The number of ketones is 1. The van der Waals surface area contributed by atoms with Crippen LogP contribution in [0.4, 0.5) is 5.69 Å². The van der Waals surface area contributed by atoms with Crippen LogP contribution in [-0.2, 0) is 4.79 Å². The van der Waals surface area contributed by atoms with Crippen LogP contribution in [0.1, 0.15) is 37.0 Å². The summed E-state index contributed by atoms with van der Waals surface area (Å²) in [5, 5.41) is 3.36. The molecule has 138 valence electrons. The number of hydrogen-bond donors (Lipinski definition) is 1. The van der Waals surface area contributed by atoms with Crippen molar-refractivity contribution in [1.29, 1.82) is 0 Å². The molecule has 0 atom stereocenters. The summed E-state index contributed by atoms with van der Waals surface area (Å²) in [5.41, 5.74) is 1.07. The molecule has 2 aromatic carbocycles. The van der Waals surface area contributed by atoms with E-state index in [0.717, 1.165) is 0 Å². The number of hydrogen-bond acceptors (Lipinski definition) is 4. The topological polar surface area (TPSA) is 64.6 Å². The lowest BCUT2D eigenvalue weighted by Gasteiger charge is -2.13. The second-order valence-corrected chi connectivity index (χ2v) is 5.94. The van der Waals surface area contributed by atoms with E-state index in [9.17, 15) is 9.59 Å². The third kappa shape index (κ3) is 5.77. The summed E-state index contributed by atoms with van der Waals surface area (Å²) in [6.45, 7) is 4.76. The summed E-state index contributed by atoms with van der Waals surface area (Å²) in [6, 6.07) is 11.9. The molecule has 6 heteroatoms. The van der Waals surface area contributed by atoms with Crippen LogP contribution in [0.25, 0.3) is 0 Å². The Morgan fingerprint density at radius 2 is 1.65 bits per heavy atom. The molecule has 26 heavy (non-hydrogen) atoms. The zero-order chi connectivity index (χ0) is 18.9. The van der Waals surface area contributed by atoms with E-state index < -0.39 is 0 Å². The Morgan fingerprint density at radius 3 is 2.31 bits per heavy atom.